The maximum atomic E-state index is 5.11. The molecule has 6 aromatic carbocycles. The molecule has 0 aliphatic heterocycles. The van der Waals surface area contributed by atoms with Gasteiger partial charge in [0.1, 0.15) is 5.82 Å². The summed E-state index contributed by atoms with van der Waals surface area (Å²) in [7, 11) is 2.11. The van der Waals surface area contributed by atoms with E-state index in [-0.39, 0.29) is 0 Å². The number of nitrogens with zero attached hydrogens (tertiary/aromatic N) is 4. The van der Waals surface area contributed by atoms with Crippen molar-refractivity contribution >= 4 is 32.8 Å². The van der Waals surface area contributed by atoms with Gasteiger partial charge >= 0.3 is 0 Å². The maximum Gasteiger partial charge on any atom is 0.140 e. The second kappa shape index (κ2) is 11.0. The van der Waals surface area contributed by atoms with E-state index < -0.39 is 0 Å². The molecule has 0 atom stereocenters. The predicted molar refractivity (Wildman–Crippen MR) is 195 cm³/mol. The van der Waals surface area contributed by atoms with Gasteiger partial charge in [0.15, 0.2) is 0 Å². The molecule has 0 radical (unpaired) electrons. The number of hydrogen-bond acceptors (Lipinski definition) is 2. The molecule has 0 N–H and O–H groups in total. The van der Waals surface area contributed by atoms with Crippen molar-refractivity contribution in [2.75, 3.05) is 0 Å². The molecule has 0 fully saturated rings. The van der Waals surface area contributed by atoms with Crippen LogP contribution < -0.4 is 0 Å². The minimum absolute atomic E-state index is 0.945. The van der Waals surface area contributed by atoms with Crippen LogP contribution in [0.3, 0.4) is 0 Å². The summed E-state index contributed by atoms with van der Waals surface area (Å²) in [4.78, 5) is 9.97. The van der Waals surface area contributed by atoms with Gasteiger partial charge in [-0.3, -0.25) is 4.98 Å². The fourth-order valence-corrected chi connectivity index (χ4v) is 6.82. The Bertz CT molecular complexity index is 2560. The van der Waals surface area contributed by atoms with Crippen molar-refractivity contribution in [1.82, 2.24) is 19.1 Å². The summed E-state index contributed by atoms with van der Waals surface area (Å²) < 4.78 is 4.58. The summed E-state index contributed by atoms with van der Waals surface area (Å²) in [5, 5.41) is 2.44. The Morgan fingerprint density at radius 3 is 1.89 bits per heavy atom. The van der Waals surface area contributed by atoms with Crippen molar-refractivity contribution in [2.45, 2.75) is 0 Å². The van der Waals surface area contributed by atoms with Gasteiger partial charge in [0.05, 0.1) is 27.8 Å². The molecule has 0 amide bonds. The second-order valence-corrected chi connectivity index (χ2v) is 12.0. The summed E-state index contributed by atoms with van der Waals surface area (Å²) in [6, 6.07) is 55.7. The molecular formula is C43H30N4. The Balaban J connectivity index is 1.16. The number of hydrogen-bond donors (Lipinski definition) is 0. The number of fused-ring (bicyclic) bond motifs is 4. The highest BCUT2D eigenvalue weighted by atomic mass is 15.1. The molecular weight excluding hydrogens is 573 g/mol. The van der Waals surface area contributed by atoms with Crippen molar-refractivity contribution in [3.63, 3.8) is 0 Å². The molecule has 0 bridgehead atoms. The van der Waals surface area contributed by atoms with E-state index in [9.17, 15) is 0 Å². The topological polar surface area (TPSA) is 35.6 Å². The summed E-state index contributed by atoms with van der Waals surface area (Å²) in [6.45, 7) is 0. The first-order valence-corrected chi connectivity index (χ1v) is 15.9. The molecule has 3 aromatic heterocycles. The number of aromatic nitrogens is 4. The van der Waals surface area contributed by atoms with Crippen LogP contribution in [0, 0.1) is 0 Å². The predicted octanol–water partition coefficient (Wildman–Crippen LogP) is 10.7. The highest BCUT2D eigenvalue weighted by Crippen LogP contribution is 2.36. The van der Waals surface area contributed by atoms with Crippen LogP contribution in [0.1, 0.15) is 0 Å². The van der Waals surface area contributed by atoms with Gasteiger partial charge < -0.3 is 9.13 Å². The van der Waals surface area contributed by atoms with Crippen molar-refractivity contribution in [2.24, 2.45) is 7.05 Å². The molecule has 3 heterocycles. The lowest BCUT2D eigenvalue weighted by Gasteiger charge is -2.11. The highest BCUT2D eigenvalue weighted by Gasteiger charge is 2.17. The highest BCUT2D eigenvalue weighted by molar-refractivity contribution is 6.10. The average Bonchev–Trinajstić information content (AvgIpc) is 3.66. The molecule has 0 aliphatic rings. The Hall–Kier alpha value is -6.26. The van der Waals surface area contributed by atoms with E-state index in [1.54, 1.807) is 0 Å². The zero-order chi connectivity index (χ0) is 31.3. The molecule has 4 nitrogen and oxygen atoms in total. The SMILES string of the molecule is Cn1c(-c2ccc3c4ccccc4n(-c4cccc(-c5ccc(-c6ccccc6)cn5)c4)c3c2)nc2ccc(-c3ccccc3)cc21. The molecule has 222 valence electrons. The van der Waals surface area contributed by atoms with E-state index in [1.165, 1.54) is 33.0 Å². The number of aryl methyl sites for hydroxylation is 1. The van der Waals surface area contributed by atoms with Crippen molar-refractivity contribution < 1.29 is 0 Å². The summed E-state index contributed by atoms with van der Waals surface area (Å²) in [5.74, 6) is 0.945. The standard InChI is InChI=1S/C43H30N4/c1-46-42-26-31(29-11-4-2-5-12-29)20-24-39(42)45-43(46)33-19-22-37-36-17-8-9-18-40(36)47(41(37)27-33)35-16-10-15-32(25-35)38-23-21-34(28-44-38)30-13-6-3-7-14-30/h2-28H,1H3. The van der Waals surface area contributed by atoms with Crippen LogP contribution in [0.5, 0.6) is 0 Å². The quantitative estimate of drug-likeness (QED) is 0.196. The molecule has 0 aliphatic carbocycles. The van der Waals surface area contributed by atoms with Crippen LogP contribution in [-0.4, -0.2) is 19.1 Å². The second-order valence-electron chi connectivity index (χ2n) is 12.0. The Morgan fingerprint density at radius 2 is 1.11 bits per heavy atom. The number of pyridine rings is 1. The molecule has 0 spiro atoms. The minimum Gasteiger partial charge on any atom is -0.327 e. The fourth-order valence-electron chi connectivity index (χ4n) is 6.82. The Labute approximate surface area is 272 Å². The average molecular weight is 603 g/mol. The van der Waals surface area contributed by atoms with E-state index in [1.807, 2.05) is 12.3 Å². The summed E-state index contributed by atoms with van der Waals surface area (Å²) in [6.07, 6.45) is 1.96. The van der Waals surface area contributed by atoms with Gasteiger partial charge in [-0.25, -0.2) is 4.98 Å². The first kappa shape index (κ1) is 27.1. The van der Waals surface area contributed by atoms with E-state index in [0.29, 0.717) is 0 Å². The van der Waals surface area contributed by atoms with E-state index in [0.717, 1.165) is 50.4 Å². The monoisotopic (exact) mass is 602 g/mol. The number of benzene rings is 6. The lowest BCUT2D eigenvalue weighted by Crippen LogP contribution is -1.96. The van der Waals surface area contributed by atoms with Crippen LogP contribution >= 0.6 is 0 Å². The molecule has 0 saturated carbocycles. The minimum atomic E-state index is 0.945. The summed E-state index contributed by atoms with van der Waals surface area (Å²) >= 11 is 0. The van der Waals surface area contributed by atoms with Crippen LogP contribution in [0.4, 0.5) is 0 Å². The van der Waals surface area contributed by atoms with Crippen LogP contribution in [0.2, 0.25) is 0 Å². The third-order valence-corrected chi connectivity index (χ3v) is 9.19. The van der Waals surface area contributed by atoms with Gasteiger partial charge in [0.2, 0.25) is 0 Å². The van der Waals surface area contributed by atoms with Crippen molar-refractivity contribution in [3.05, 3.63) is 164 Å². The van der Waals surface area contributed by atoms with Gasteiger partial charge in [-0.1, -0.05) is 115 Å². The van der Waals surface area contributed by atoms with Gasteiger partial charge in [0, 0.05) is 46.4 Å². The molecule has 0 saturated heterocycles. The van der Waals surface area contributed by atoms with Crippen molar-refractivity contribution in [3.8, 4) is 50.6 Å². The molecule has 9 rings (SSSR count). The number of para-hydroxylation sites is 1. The maximum absolute atomic E-state index is 5.11. The van der Waals surface area contributed by atoms with E-state index >= 15 is 0 Å². The smallest absolute Gasteiger partial charge is 0.140 e. The van der Waals surface area contributed by atoms with Crippen LogP contribution in [0.15, 0.2) is 164 Å². The first-order chi connectivity index (χ1) is 23.2. The van der Waals surface area contributed by atoms with Crippen LogP contribution in [0.25, 0.3) is 83.4 Å². The van der Waals surface area contributed by atoms with E-state index in [4.69, 9.17) is 9.97 Å². The normalized spacial score (nSPS) is 11.5. The largest absolute Gasteiger partial charge is 0.327 e. The lowest BCUT2D eigenvalue weighted by atomic mass is 10.1. The fraction of sp³-hybridized carbons (Fsp3) is 0.0233. The first-order valence-electron chi connectivity index (χ1n) is 15.9. The van der Waals surface area contributed by atoms with E-state index in [2.05, 4.69) is 168 Å². The zero-order valence-corrected chi connectivity index (χ0v) is 25.9. The van der Waals surface area contributed by atoms with Crippen LogP contribution in [-0.2, 0) is 7.05 Å². The van der Waals surface area contributed by atoms with Crippen molar-refractivity contribution in [1.29, 1.82) is 0 Å². The molecule has 47 heavy (non-hydrogen) atoms. The van der Waals surface area contributed by atoms with Gasteiger partial charge in [-0.2, -0.15) is 0 Å². The Morgan fingerprint density at radius 1 is 0.447 bits per heavy atom. The van der Waals surface area contributed by atoms with Gasteiger partial charge in [0.25, 0.3) is 0 Å². The van der Waals surface area contributed by atoms with Gasteiger partial charge in [-0.05, 0) is 59.2 Å². The number of imidazole rings is 1. The van der Waals surface area contributed by atoms with Gasteiger partial charge in [-0.15, -0.1) is 0 Å². The number of rotatable bonds is 5. The Kier molecular flexibility index (Phi) is 6.32. The zero-order valence-electron chi connectivity index (χ0n) is 25.9. The third-order valence-electron chi connectivity index (χ3n) is 9.19. The lowest BCUT2D eigenvalue weighted by molar-refractivity contribution is 0.959. The molecule has 4 heteroatoms. The molecule has 0 unspecified atom stereocenters. The molecule has 9 aromatic rings. The summed E-state index contributed by atoms with van der Waals surface area (Å²) in [5.41, 5.74) is 13.3. The third kappa shape index (κ3) is 4.62.